The number of methoxy groups -OCH3 is 1. The van der Waals surface area contributed by atoms with E-state index in [9.17, 15) is 4.79 Å². The number of hydrazone groups is 1. The third kappa shape index (κ3) is 5.10. The monoisotopic (exact) mass is 383 g/mol. The van der Waals surface area contributed by atoms with Gasteiger partial charge in [-0.2, -0.15) is 5.10 Å². The molecule has 0 saturated heterocycles. The lowest BCUT2D eigenvalue weighted by molar-refractivity contribution is -0.118. The van der Waals surface area contributed by atoms with Crippen LogP contribution in [0.15, 0.2) is 52.6 Å². The van der Waals surface area contributed by atoms with E-state index >= 15 is 0 Å². The number of aliphatic imine (C=N–C) groups is 1. The Morgan fingerprint density at radius 3 is 2.93 bits per heavy atom. The Morgan fingerprint density at radius 1 is 1.30 bits per heavy atom. The zero-order valence-corrected chi connectivity index (χ0v) is 16.1. The SMILES string of the molecule is CCOc1ccc(/C=N/NC(=O)CSC2=Nc3ccccc3C2)cc1OC. The molecule has 1 N–H and O–H groups in total. The summed E-state index contributed by atoms with van der Waals surface area (Å²) in [5.74, 6) is 1.40. The van der Waals surface area contributed by atoms with E-state index in [0.29, 0.717) is 18.1 Å². The number of nitrogens with zero attached hydrogens (tertiary/aromatic N) is 2. The minimum atomic E-state index is -0.173. The number of nitrogens with one attached hydrogen (secondary N) is 1. The summed E-state index contributed by atoms with van der Waals surface area (Å²) in [5.41, 5.74) is 5.53. The molecule has 2 aromatic rings. The van der Waals surface area contributed by atoms with Gasteiger partial charge in [0.05, 0.1) is 36.4 Å². The van der Waals surface area contributed by atoms with Crippen molar-refractivity contribution in [2.24, 2.45) is 10.1 Å². The van der Waals surface area contributed by atoms with Crippen LogP contribution in [-0.4, -0.2) is 36.6 Å². The molecular weight excluding hydrogens is 362 g/mol. The van der Waals surface area contributed by atoms with Gasteiger partial charge in [-0.1, -0.05) is 18.2 Å². The number of hydrogen-bond donors (Lipinski definition) is 1. The van der Waals surface area contributed by atoms with Crippen LogP contribution >= 0.6 is 11.8 Å². The van der Waals surface area contributed by atoms with Crippen LogP contribution in [0.3, 0.4) is 0 Å². The van der Waals surface area contributed by atoms with Gasteiger partial charge in [-0.3, -0.25) is 4.79 Å². The number of benzene rings is 2. The van der Waals surface area contributed by atoms with E-state index < -0.39 is 0 Å². The van der Waals surface area contributed by atoms with Gasteiger partial charge in [0.25, 0.3) is 0 Å². The second-order valence-corrected chi connectivity index (χ2v) is 6.78. The molecule has 0 bridgehead atoms. The topological polar surface area (TPSA) is 72.3 Å². The summed E-state index contributed by atoms with van der Waals surface area (Å²) >= 11 is 1.44. The maximum absolute atomic E-state index is 12.0. The van der Waals surface area contributed by atoms with Crippen molar-refractivity contribution in [3.8, 4) is 11.5 Å². The fourth-order valence-electron chi connectivity index (χ4n) is 2.59. The Labute approximate surface area is 162 Å². The molecule has 1 amide bonds. The Morgan fingerprint density at radius 2 is 2.15 bits per heavy atom. The van der Waals surface area contributed by atoms with Crippen molar-refractivity contribution in [2.45, 2.75) is 13.3 Å². The van der Waals surface area contributed by atoms with E-state index in [1.807, 2.05) is 37.3 Å². The fourth-order valence-corrected chi connectivity index (χ4v) is 3.37. The maximum Gasteiger partial charge on any atom is 0.250 e. The first-order valence-electron chi connectivity index (χ1n) is 8.60. The summed E-state index contributed by atoms with van der Waals surface area (Å²) in [7, 11) is 1.59. The lowest BCUT2D eigenvalue weighted by Gasteiger charge is -2.09. The molecular formula is C20H21N3O3S. The number of para-hydroxylation sites is 1. The van der Waals surface area contributed by atoms with E-state index in [0.717, 1.165) is 22.7 Å². The Balaban J connectivity index is 1.48. The summed E-state index contributed by atoms with van der Waals surface area (Å²) in [6, 6.07) is 13.5. The first-order chi connectivity index (χ1) is 13.2. The molecule has 2 aromatic carbocycles. The molecule has 0 fully saturated rings. The van der Waals surface area contributed by atoms with Gasteiger partial charge in [0.2, 0.25) is 5.91 Å². The standard InChI is InChI=1S/C20H21N3O3S/c1-3-26-17-9-8-14(10-18(17)25-2)12-21-23-19(24)13-27-20-11-15-6-4-5-7-16(15)22-20/h4-10,12H,3,11,13H2,1-2H3,(H,23,24)/b21-12+. The summed E-state index contributed by atoms with van der Waals surface area (Å²) in [4.78, 5) is 16.5. The average molecular weight is 383 g/mol. The summed E-state index contributed by atoms with van der Waals surface area (Å²) in [6.45, 7) is 2.48. The van der Waals surface area contributed by atoms with Crippen LogP contribution in [0.1, 0.15) is 18.1 Å². The van der Waals surface area contributed by atoms with Crippen molar-refractivity contribution < 1.29 is 14.3 Å². The van der Waals surface area contributed by atoms with Gasteiger partial charge < -0.3 is 9.47 Å². The molecule has 1 aliphatic rings. The average Bonchev–Trinajstić information content (AvgIpc) is 3.10. The van der Waals surface area contributed by atoms with Crippen LogP contribution in [0.2, 0.25) is 0 Å². The molecule has 1 heterocycles. The van der Waals surface area contributed by atoms with Gasteiger partial charge in [0.1, 0.15) is 0 Å². The van der Waals surface area contributed by atoms with E-state index in [-0.39, 0.29) is 11.7 Å². The molecule has 0 atom stereocenters. The predicted molar refractivity (Wildman–Crippen MR) is 110 cm³/mol. The molecule has 0 spiro atoms. The fraction of sp³-hybridized carbons (Fsp3) is 0.250. The molecule has 0 aromatic heterocycles. The maximum atomic E-state index is 12.0. The molecule has 1 aliphatic heterocycles. The third-order valence-corrected chi connectivity index (χ3v) is 4.81. The molecule has 3 rings (SSSR count). The number of carbonyl (C=O) groups excluding carboxylic acids is 1. The van der Waals surface area contributed by atoms with E-state index in [2.05, 4.69) is 21.6 Å². The highest BCUT2D eigenvalue weighted by Crippen LogP contribution is 2.29. The lowest BCUT2D eigenvalue weighted by Crippen LogP contribution is -2.20. The van der Waals surface area contributed by atoms with Crippen molar-refractivity contribution in [3.63, 3.8) is 0 Å². The Bertz CT molecular complexity index is 881. The van der Waals surface area contributed by atoms with Gasteiger partial charge in [0.15, 0.2) is 11.5 Å². The van der Waals surface area contributed by atoms with Crippen LogP contribution in [0.4, 0.5) is 5.69 Å². The second-order valence-electron chi connectivity index (χ2n) is 5.74. The predicted octanol–water partition coefficient (Wildman–Crippen LogP) is 3.56. The highest BCUT2D eigenvalue weighted by atomic mass is 32.2. The highest BCUT2D eigenvalue weighted by molar-refractivity contribution is 8.14. The quantitative estimate of drug-likeness (QED) is 0.586. The molecule has 0 saturated carbocycles. The number of carbonyl (C=O) groups is 1. The van der Waals surface area contributed by atoms with Gasteiger partial charge in [-0.25, -0.2) is 10.4 Å². The smallest absolute Gasteiger partial charge is 0.250 e. The minimum Gasteiger partial charge on any atom is -0.493 e. The minimum absolute atomic E-state index is 0.173. The number of thioether (sulfide) groups is 1. The summed E-state index contributed by atoms with van der Waals surface area (Å²) in [5, 5.41) is 4.95. The van der Waals surface area contributed by atoms with Crippen molar-refractivity contribution in [1.29, 1.82) is 0 Å². The van der Waals surface area contributed by atoms with Crippen LogP contribution in [0.25, 0.3) is 0 Å². The Kier molecular flexibility index (Phi) is 6.49. The van der Waals surface area contributed by atoms with Gasteiger partial charge in [-0.05, 0) is 42.3 Å². The van der Waals surface area contributed by atoms with E-state index in [4.69, 9.17) is 9.47 Å². The molecule has 140 valence electrons. The van der Waals surface area contributed by atoms with Crippen LogP contribution in [-0.2, 0) is 11.2 Å². The summed E-state index contributed by atoms with van der Waals surface area (Å²) in [6.07, 6.45) is 2.35. The largest absolute Gasteiger partial charge is 0.493 e. The number of ether oxygens (including phenoxy) is 2. The van der Waals surface area contributed by atoms with Gasteiger partial charge in [-0.15, -0.1) is 11.8 Å². The number of hydrogen-bond acceptors (Lipinski definition) is 6. The van der Waals surface area contributed by atoms with Crippen LogP contribution in [0.5, 0.6) is 11.5 Å². The molecule has 0 aliphatic carbocycles. The molecule has 6 nitrogen and oxygen atoms in total. The van der Waals surface area contributed by atoms with Crippen molar-refractivity contribution in [2.75, 3.05) is 19.5 Å². The lowest BCUT2D eigenvalue weighted by atomic mass is 10.2. The van der Waals surface area contributed by atoms with Crippen LogP contribution < -0.4 is 14.9 Å². The number of fused-ring (bicyclic) bond motifs is 1. The van der Waals surface area contributed by atoms with Crippen molar-refractivity contribution in [1.82, 2.24) is 5.43 Å². The molecule has 0 radical (unpaired) electrons. The highest BCUT2D eigenvalue weighted by Gasteiger charge is 2.15. The van der Waals surface area contributed by atoms with Gasteiger partial charge in [0, 0.05) is 6.42 Å². The zero-order chi connectivity index (χ0) is 19.1. The number of rotatable bonds is 7. The number of amides is 1. The normalized spacial score (nSPS) is 12.6. The summed E-state index contributed by atoms with van der Waals surface area (Å²) < 4.78 is 10.8. The van der Waals surface area contributed by atoms with Gasteiger partial charge >= 0.3 is 0 Å². The molecule has 7 heteroatoms. The molecule has 27 heavy (non-hydrogen) atoms. The van der Waals surface area contributed by atoms with Crippen molar-refractivity contribution >= 4 is 34.6 Å². The molecule has 0 unspecified atom stereocenters. The Hall–Kier alpha value is -2.80. The first kappa shape index (κ1) is 19.0. The second kappa shape index (κ2) is 9.23. The first-order valence-corrected chi connectivity index (χ1v) is 9.59. The van der Waals surface area contributed by atoms with E-state index in [1.165, 1.54) is 17.3 Å². The van der Waals surface area contributed by atoms with Crippen molar-refractivity contribution in [3.05, 3.63) is 53.6 Å². The zero-order valence-electron chi connectivity index (χ0n) is 15.3. The van der Waals surface area contributed by atoms with E-state index in [1.54, 1.807) is 19.4 Å². The van der Waals surface area contributed by atoms with Crippen LogP contribution in [0, 0.1) is 0 Å². The third-order valence-electron chi connectivity index (χ3n) is 3.84.